The van der Waals surface area contributed by atoms with E-state index in [1.165, 1.54) is 18.6 Å². The van der Waals surface area contributed by atoms with E-state index < -0.39 is 0 Å². The molecule has 0 amide bonds. The second-order valence-electron chi connectivity index (χ2n) is 4.36. The van der Waals surface area contributed by atoms with E-state index in [1.54, 1.807) is 19.2 Å². The molecule has 0 bridgehead atoms. The molecule has 3 nitrogen and oxygen atoms in total. The molecule has 1 aliphatic heterocycles. The molecule has 17 heavy (non-hydrogen) atoms. The predicted molar refractivity (Wildman–Crippen MR) is 73.2 cm³/mol. The minimum atomic E-state index is 0.189. The van der Waals surface area contributed by atoms with Crippen LogP contribution in [-0.4, -0.2) is 29.3 Å². The van der Waals surface area contributed by atoms with Crippen molar-refractivity contribution in [2.75, 3.05) is 18.2 Å². The standard InChI is InChI=1S/C13H19NO2S/c1-9-11(4-3-7-17-9)14-10-5-6-13(16-2)12(15)8-10/h5-6,8-9,11,14-15H,3-4,7H2,1-2H3. The van der Waals surface area contributed by atoms with Gasteiger partial charge in [0.2, 0.25) is 0 Å². The molecule has 2 rings (SSSR count). The fourth-order valence-electron chi connectivity index (χ4n) is 2.11. The topological polar surface area (TPSA) is 41.5 Å². The van der Waals surface area contributed by atoms with Gasteiger partial charge in [0.1, 0.15) is 0 Å². The molecule has 0 aliphatic carbocycles. The maximum absolute atomic E-state index is 9.72. The molecule has 1 aliphatic rings. The first-order chi connectivity index (χ1) is 8.20. The molecule has 4 heteroatoms. The van der Waals surface area contributed by atoms with Gasteiger partial charge < -0.3 is 15.2 Å². The van der Waals surface area contributed by atoms with Crippen molar-refractivity contribution in [3.63, 3.8) is 0 Å². The van der Waals surface area contributed by atoms with Crippen molar-refractivity contribution in [2.45, 2.75) is 31.1 Å². The highest BCUT2D eigenvalue weighted by atomic mass is 32.2. The molecule has 1 heterocycles. The number of thioether (sulfide) groups is 1. The lowest BCUT2D eigenvalue weighted by Crippen LogP contribution is -2.32. The van der Waals surface area contributed by atoms with Gasteiger partial charge in [0.05, 0.1) is 7.11 Å². The second kappa shape index (κ2) is 5.54. The highest BCUT2D eigenvalue weighted by Crippen LogP contribution is 2.31. The lowest BCUT2D eigenvalue weighted by Gasteiger charge is -2.30. The molecular formula is C13H19NO2S. The van der Waals surface area contributed by atoms with E-state index in [0.717, 1.165) is 5.69 Å². The van der Waals surface area contributed by atoms with Crippen molar-refractivity contribution in [1.82, 2.24) is 0 Å². The van der Waals surface area contributed by atoms with E-state index in [1.807, 2.05) is 17.8 Å². The molecule has 0 saturated carbocycles. The molecule has 0 aromatic heterocycles. The first-order valence-corrected chi connectivity index (χ1v) is 7.00. The zero-order chi connectivity index (χ0) is 12.3. The third kappa shape index (κ3) is 3.00. The zero-order valence-electron chi connectivity index (χ0n) is 10.3. The molecule has 94 valence electrons. The van der Waals surface area contributed by atoms with Crippen molar-refractivity contribution < 1.29 is 9.84 Å². The Bertz CT molecular complexity index is 384. The number of phenols is 1. The number of benzene rings is 1. The van der Waals surface area contributed by atoms with Crippen LogP contribution in [0.3, 0.4) is 0 Å². The summed E-state index contributed by atoms with van der Waals surface area (Å²) in [5.41, 5.74) is 0.961. The van der Waals surface area contributed by atoms with Crippen molar-refractivity contribution in [1.29, 1.82) is 0 Å². The van der Waals surface area contributed by atoms with Crippen LogP contribution >= 0.6 is 11.8 Å². The summed E-state index contributed by atoms with van der Waals surface area (Å²) in [6.07, 6.45) is 2.45. The summed E-state index contributed by atoms with van der Waals surface area (Å²) in [4.78, 5) is 0. The van der Waals surface area contributed by atoms with E-state index >= 15 is 0 Å². The quantitative estimate of drug-likeness (QED) is 0.868. The Hall–Kier alpha value is -1.03. The van der Waals surface area contributed by atoms with Gasteiger partial charge in [-0.3, -0.25) is 0 Å². The largest absolute Gasteiger partial charge is 0.504 e. The molecule has 2 atom stereocenters. The van der Waals surface area contributed by atoms with Crippen LogP contribution in [0.1, 0.15) is 19.8 Å². The molecule has 1 aromatic rings. The number of methoxy groups -OCH3 is 1. The Balaban J connectivity index is 2.05. The maximum Gasteiger partial charge on any atom is 0.160 e. The summed E-state index contributed by atoms with van der Waals surface area (Å²) in [6.45, 7) is 2.25. The van der Waals surface area contributed by atoms with Crippen LogP contribution in [-0.2, 0) is 0 Å². The average molecular weight is 253 g/mol. The highest BCUT2D eigenvalue weighted by molar-refractivity contribution is 8.00. The van der Waals surface area contributed by atoms with Gasteiger partial charge in [-0.1, -0.05) is 6.92 Å². The summed E-state index contributed by atoms with van der Waals surface area (Å²) >= 11 is 2.01. The molecular weight excluding hydrogens is 234 g/mol. The van der Waals surface area contributed by atoms with Crippen LogP contribution in [0.25, 0.3) is 0 Å². The molecule has 2 unspecified atom stereocenters. The van der Waals surface area contributed by atoms with Gasteiger partial charge in [0.15, 0.2) is 11.5 Å². The number of ether oxygens (including phenoxy) is 1. The fraction of sp³-hybridized carbons (Fsp3) is 0.538. The Morgan fingerprint density at radius 2 is 2.29 bits per heavy atom. The second-order valence-corrected chi connectivity index (χ2v) is 5.84. The summed E-state index contributed by atoms with van der Waals surface area (Å²) in [6, 6.07) is 5.95. The summed E-state index contributed by atoms with van der Waals surface area (Å²) in [7, 11) is 1.56. The molecule has 1 fully saturated rings. The molecule has 2 N–H and O–H groups in total. The fourth-order valence-corrected chi connectivity index (χ4v) is 3.25. The molecule has 1 aromatic carbocycles. The number of rotatable bonds is 3. The van der Waals surface area contributed by atoms with E-state index in [0.29, 0.717) is 17.0 Å². The normalized spacial score (nSPS) is 24.4. The minimum Gasteiger partial charge on any atom is -0.504 e. The van der Waals surface area contributed by atoms with E-state index in [4.69, 9.17) is 4.74 Å². The minimum absolute atomic E-state index is 0.189. The Morgan fingerprint density at radius 1 is 1.47 bits per heavy atom. The molecule has 1 saturated heterocycles. The Labute approximate surface area is 107 Å². The van der Waals surface area contributed by atoms with Crippen molar-refractivity contribution in [3.05, 3.63) is 18.2 Å². The highest BCUT2D eigenvalue weighted by Gasteiger charge is 2.21. The lowest BCUT2D eigenvalue weighted by molar-refractivity contribution is 0.373. The summed E-state index contributed by atoms with van der Waals surface area (Å²) in [5, 5.41) is 13.8. The van der Waals surface area contributed by atoms with Crippen LogP contribution < -0.4 is 10.1 Å². The smallest absolute Gasteiger partial charge is 0.160 e. The first-order valence-electron chi connectivity index (χ1n) is 5.96. The van der Waals surface area contributed by atoms with Crippen molar-refractivity contribution in [3.8, 4) is 11.5 Å². The van der Waals surface area contributed by atoms with Crippen LogP contribution in [0, 0.1) is 0 Å². The predicted octanol–water partition coefficient (Wildman–Crippen LogP) is 3.10. The van der Waals surface area contributed by atoms with Crippen LogP contribution in [0.5, 0.6) is 11.5 Å². The van der Waals surface area contributed by atoms with Gasteiger partial charge in [0.25, 0.3) is 0 Å². The average Bonchev–Trinajstić information content (AvgIpc) is 2.32. The van der Waals surface area contributed by atoms with Gasteiger partial charge >= 0.3 is 0 Å². The number of anilines is 1. The van der Waals surface area contributed by atoms with Gasteiger partial charge in [-0.05, 0) is 30.7 Å². The van der Waals surface area contributed by atoms with Gasteiger partial charge in [-0.25, -0.2) is 0 Å². The van der Waals surface area contributed by atoms with Crippen molar-refractivity contribution >= 4 is 17.4 Å². The number of phenolic OH excluding ortho intramolecular Hbond substituents is 1. The summed E-state index contributed by atoms with van der Waals surface area (Å²) < 4.78 is 5.03. The maximum atomic E-state index is 9.72. The zero-order valence-corrected chi connectivity index (χ0v) is 11.1. The number of hydrogen-bond donors (Lipinski definition) is 2. The Morgan fingerprint density at radius 3 is 2.94 bits per heavy atom. The van der Waals surface area contributed by atoms with Gasteiger partial charge in [0, 0.05) is 23.0 Å². The van der Waals surface area contributed by atoms with Crippen molar-refractivity contribution in [2.24, 2.45) is 0 Å². The monoisotopic (exact) mass is 253 g/mol. The van der Waals surface area contributed by atoms with Gasteiger partial charge in [-0.2, -0.15) is 11.8 Å². The van der Waals surface area contributed by atoms with E-state index in [2.05, 4.69) is 12.2 Å². The molecule has 0 radical (unpaired) electrons. The van der Waals surface area contributed by atoms with Crippen LogP contribution in [0.2, 0.25) is 0 Å². The van der Waals surface area contributed by atoms with Crippen LogP contribution in [0.15, 0.2) is 18.2 Å². The van der Waals surface area contributed by atoms with E-state index in [9.17, 15) is 5.11 Å². The third-order valence-electron chi connectivity index (χ3n) is 3.14. The van der Waals surface area contributed by atoms with Gasteiger partial charge in [-0.15, -0.1) is 0 Å². The summed E-state index contributed by atoms with van der Waals surface area (Å²) in [5.74, 6) is 1.96. The number of nitrogens with one attached hydrogen (secondary N) is 1. The molecule has 0 spiro atoms. The number of aromatic hydroxyl groups is 1. The third-order valence-corrected chi connectivity index (χ3v) is 4.52. The lowest BCUT2D eigenvalue weighted by atomic mass is 10.1. The first kappa shape index (κ1) is 12.4. The number of hydrogen-bond acceptors (Lipinski definition) is 4. The SMILES string of the molecule is COc1ccc(NC2CCCSC2C)cc1O. The van der Waals surface area contributed by atoms with E-state index in [-0.39, 0.29) is 5.75 Å². The Kier molecular flexibility index (Phi) is 4.05. The van der Waals surface area contributed by atoms with Crippen LogP contribution in [0.4, 0.5) is 5.69 Å².